The van der Waals surface area contributed by atoms with Crippen molar-refractivity contribution in [1.82, 2.24) is 0 Å². The summed E-state index contributed by atoms with van der Waals surface area (Å²) in [4.78, 5) is 14.4. The summed E-state index contributed by atoms with van der Waals surface area (Å²) in [5.41, 5.74) is 5.26. The van der Waals surface area contributed by atoms with Crippen LogP contribution in [0.15, 0.2) is 36.4 Å². The molecule has 2 aliphatic rings. The second-order valence-electron chi connectivity index (χ2n) is 6.53. The molecule has 118 valence electrons. The maximum atomic E-state index is 14.2. The van der Waals surface area contributed by atoms with Crippen LogP contribution in [-0.2, 0) is 30.5 Å². The van der Waals surface area contributed by atoms with Crippen molar-refractivity contribution >= 4 is 11.6 Å². The van der Waals surface area contributed by atoms with Crippen molar-refractivity contribution < 1.29 is 9.18 Å². The number of carbonyl (C=O) groups is 1. The predicted molar refractivity (Wildman–Crippen MR) is 89.2 cm³/mol. The number of hydrogen-bond donors (Lipinski definition) is 0. The summed E-state index contributed by atoms with van der Waals surface area (Å²) in [5.74, 6) is -0.293. The minimum absolute atomic E-state index is 0.00556. The molecular formula is C20H20FNO. The van der Waals surface area contributed by atoms with Crippen LogP contribution < -0.4 is 4.90 Å². The lowest BCUT2D eigenvalue weighted by Crippen LogP contribution is -2.37. The van der Waals surface area contributed by atoms with Gasteiger partial charge in [-0.05, 0) is 60.4 Å². The number of rotatable bonds is 2. The Bertz CT molecular complexity index is 768. The minimum Gasteiger partial charge on any atom is -0.309 e. The molecule has 1 amide bonds. The normalized spacial score (nSPS) is 16.1. The van der Waals surface area contributed by atoms with Crippen molar-refractivity contribution in [2.45, 2.75) is 38.5 Å². The maximum absolute atomic E-state index is 14.2. The van der Waals surface area contributed by atoms with Crippen LogP contribution >= 0.6 is 0 Å². The van der Waals surface area contributed by atoms with E-state index in [0.29, 0.717) is 18.7 Å². The van der Waals surface area contributed by atoms with Gasteiger partial charge in [-0.15, -0.1) is 0 Å². The first-order valence-corrected chi connectivity index (χ1v) is 8.41. The Balaban J connectivity index is 1.59. The van der Waals surface area contributed by atoms with E-state index in [4.69, 9.17) is 0 Å². The fourth-order valence-electron chi connectivity index (χ4n) is 3.86. The molecule has 0 fully saturated rings. The highest BCUT2D eigenvalue weighted by atomic mass is 19.1. The number of carbonyl (C=O) groups excluding carboxylic acids is 1. The smallest absolute Gasteiger partial charge is 0.231 e. The molecule has 3 heteroatoms. The Morgan fingerprint density at radius 3 is 2.74 bits per heavy atom. The number of nitrogens with zero attached hydrogens (tertiary/aromatic N) is 1. The van der Waals surface area contributed by atoms with Gasteiger partial charge < -0.3 is 4.90 Å². The Labute approximate surface area is 135 Å². The summed E-state index contributed by atoms with van der Waals surface area (Å²) in [6.07, 6.45) is 5.55. The van der Waals surface area contributed by atoms with Crippen LogP contribution in [0.2, 0.25) is 0 Å². The van der Waals surface area contributed by atoms with Crippen LogP contribution in [0, 0.1) is 5.82 Å². The lowest BCUT2D eigenvalue weighted by Gasteiger charge is -2.30. The zero-order valence-electron chi connectivity index (χ0n) is 13.1. The van der Waals surface area contributed by atoms with Crippen LogP contribution in [0.1, 0.15) is 35.1 Å². The standard InChI is InChI=1S/C20H20FNO/c21-18-8-2-5-16-7-3-11-22(20(16)18)19(23)13-14-9-10-15-4-1-6-17(15)12-14/h2,5,8-10,12H,1,3-4,6-7,11,13H2. The van der Waals surface area contributed by atoms with Gasteiger partial charge in [0, 0.05) is 6.54 Å². The molecule has 1 aliphatic carbocycles. The zero-order chi connectivity index (χ0) is 15.8. The lowest BCUT2D eigenvalue weighted by molar-refractivity contribution is -0.118. The van der Waals surface area contributed by atoms with Crippen LogP contribution in [0.3, 0.4) is 0 Å². The molecule has 1 heterocycles. The second-order valence-corrected chi connectivity index (χ2v) is 6.53. The van der Waals surface area contributed by atoms with Crippen molar-refractivity contribution in [3.05, 3.63) is 64.5 Å². The van der Waals surface area contributed by atoms with Gasteiger partial charge in [-0.3, -0.25) is 4.79 Å². The van der Waals surface area contributed by atoms with E-state index in [0.717, 1.165) is 36.8 Å². The molecule has 0 unspecified atom stereocenters. The minimum atomic E-state index is -0.287. The number of amides is 1. The van der Waals surface area contributed by atoms with E-state index in [-0.39, 0.29) is 11.7 Å². The quantitative estimate of drug-likeness (QED) is 0.825. The molecule has 0 saturated carbocycles. The van der Waals surface area contributed by atoms with Gasteiger partial charge in [0.1, 0.15) is 5.82 Å². The SMILES string of the molecule is O=C(Cc1ccc2c(c1)CCC2)N1CCCc2cccc(F)c21. The first-order chi connectivity index (χ1) is 11.2. The molecule has 0 atom stereocenters. The van der Waals surface area contributed by atoms with Gasteiger partial charge in [-0.1, -0.05) is 30.3 Å². The number of hydrogen-bond acceptors (Lipinski definition) is 1. The number of benzene rings is 2. The molecule has 2 aromatic carbocycles. The number of anilines is 1. The molecule has 4 rings (SSSR count). The first kappa shape index (κ1) is 14.4. The summed E-state index contributed by atoms with van der Waals surface area (Å²) in [7, 11) is 0. The summed E-state index contributed by atoms with van der Waals surface area (Å²) >= 11 is 0. The molecule has 2 aromatic rings. The van der Waals surface area contributed by atoms with Gasteiger partial charge in [-0.25, -0.2) is 4.39 Å². The molecule has 0 radical (unpaired) electrons. The second kappa shape index (κ2) is 5.80. The summed E-state index contributed by atoms with van der Waals surface area (Å²) in [6, 6.07) is 11.5. The van der Waals surface area contributed by atoms with E-state index in [2.05, 4.69) is 12.1 Å². The van der Waals surface area contributed by atoms with E-state index in [1.54, 1.807) is 11.0 Å². The van der Waals surface area contributed by atoms with Crippen LogP contribution in [-0.4, -0.2) is 12.5 Å². The van der Waals surface area contributed by atoms with Crippen molar-refractivity contribution in [2.24, 2.45) is 0 Å². The van der Waals surface area contributed by atoms with Crippen molar-refractivity contribution in [2.75, 3.05) is 11.4 Å². The molecule has 0 saturated heterocycles. The molecule has 2 nitrogen and oxygen atoms in total. The van der Waals surface area contributed by atoms with Gasteiger partial charge in [0.2, 0.25) is 5.91 Å². The molecule has 1 aliphatic heterocycles. The predicted octanol–water partition coefficient (Wildman–Crippen LogP) is 3.84. The van der Waals surface area contributed by atoms with Crippen LogP contribution in [0.5, 0.6) is 0 Å². The highest BCUT2D eigenvalue weighted by molar-refractivity contribution is 5.96. The van der Waals surface area contributed by atoms with Gasteiger partial charge in [0.25, 0.3) is 0 Å². The van der Waals surface area contributed by atoms with Gasteiger partial charge in [0.15, 0.2) is 0 Å². The highest BCUT2D eigenvalue weighted by Crippen LogP contribution is 2.30. The van der Waals surface area contributed by atoms with Gasteiger partial charge >= 0.3 is 0 Å². The number of fused-ring (bicyclic) bond motifs is 2. The van der Waals surface area contributed by atoms with Crippen LogP contribution in [0.25, 0.3) is 0 Å². The topological polar surface area (TPSA) is 20.3 Å². The molecule has 0 aromatic heterocycles. The van der Waals surface area contributed by atoms with E-state index >= 15 is 0 Å². The zero-order valence-corrected chi connectivity index (χ0v) is 13.1. The van der Waals surface area contributed by atoms with E-state index in [1.165, 1.54) is 23.6 Å². The van der Waals surface area contributed by atoms with Crippen molar-refractivity contribution in [1.29, 1.82) is 0 Å². The average molecular weight is 309 g/mol. The third-order valence-corrected chi connectivity index (χ3v) is 4.99. The van der Waals surface area contributed by atoms with E-state index in [1.807, 2.05) is 12.1 Å². The molecule has 0 spiro atoms. The maximum Gasteiger partial charge on any atom is 0.231 e. The van der Waals surface area contributed by atoms with Crippen molar-refractivity contribution in [3.8, 4) is 0 Å². The first-order valence-electron chi connectivity index (χ1n) is 8.41. The fourth-order valence-corrected chi connectivity index (χ4v) is 3.86. The largest absolute Gasteiger partial charge is 0.309 e. The Kier molecular flexibility index (Phi) is 3.64. The third kappa shape index (κ3) is 2.65. The fraction of sp³-hybridized carbons (Fsp3) is 0.350. The Morgan fingerprint density at radius 2 is 1.83 bits per heavy atom. The number of para-hydroxylation sites is 1. The third-order valence-electron chi connectivity index (χ3n) is 4.99. The Hall–Kier alpha value is -2.16. The molecular weight excluding hydrogens is 289 g/mol. The highest BCUT2D eigenvalue weighted by Gasteiger charge is 2.25. The van der Waals surface area contributed by atoms with E-state index in [9.17, 15) is 9.18 Å². The number of halogens is 1. The summed E-state index contributed by atoms with van der Waals surface area (Å²) in [5, 5.41) is 0. The van der Waals surface area contributed by atoms with Gasteiger partial charge in [0.05, 0.1) is 12.1 Å². The molecule has 0 bridgehead atoms. The van der Waals surface area contributed by atoms with Crippen LogP contribution in [0.4, 0.5) is 10.1 Å². The molecule has 0 N–H and O–H groups in total. The average Bonchev–Trinajstić information content (AvgIpc) is 3.02. The lowest BCUT2D eigenvalue weighted by atomic mass is 9.99. The number of aryl methyl sites for hydroxylation is 3. The monoisotopic (exact) mass is 309 g/mol. The van der Waals surface area contributed by atoms with E-state index < -0.39 is 0 Å². The summed E-state index contributed by atoms with van der Waals surface area (Å²) < 4.78 is 14.2. The van der Waals surface area contributed by atoms with Crippen molar-refractivity contribution in [3.63, 3.8) is 0 Å². The summed E-state index contributed by atoms with van der Waals surface area (Å²) in [6.45, 7) is 0.609. The molecule has 23 heavy (non-hydrogen) atoms. The Morgan fingerprint density at radius 1 is 1.00 bits per heavy atom. The van der Waals surface area contributed by atoms with Gasteiger partial charge in [-0.2, -0.15) is 0 Å².